The quantitative estimate of drug-likeness (QED) is 0.798. The summed E-state index contributed by atoms with van der Waals surface area (Å²) in [6, 6.07) is 6.79. The lowest BCUT2D eigenvalue weighted by Crippen LogP contribution is -2.14. The molecule has 0 spiro atoms. The van der Waals surface area contributed by atoms with Crippen molar-refractivity contribution in [2.75, 3.05) is 0 Å². The zero-order chi connectivity index (χ0) is 10.8. The van der Waals surface area contributed by atoms with E-state index in [2.05, 4.69) is 36.9 Å². The SMILES string of the molecule is CCc1ccc2c(c1)CN(/C(C)=C\N)C2. The number of fused-ring (bicyclic) bond motifs is 1. The number of benzene rings is 1. The Labute approximate surface area is 91.4 Å². The van der Waals surface area contributed by atoms with E-state index < -0.39 is 0 Å². The predicted octanol–water partition coefficient (Wildman–Crippen LogP) is 2.38. The summed E-state index contributed by atoms with van der Waals surface area (Å²) in [5.74, 6) is 0. The third kappa shape index (κ3) is 1.84. The summed E-state index contributed by atoms with van der Waals surface area (Å²) in [5, 5.41) is 0. The van der Waals surface area contributed by atoms with Crippen molar-refractivity contribution >= 4 is 0 Å². The van der Waals surface area contributed by atoms with Gasteiger partial charge in [0.25, 0.3) is 0 Å². The van der Waals surface area contributed by atoms with Gasteiger partial charge in [-0.05, 0) is 30.0 Å². The Morgan fingerprint density at radius 2 is 2.13 bits per heavy atom. The van der Waals surface area contributed by atoms with Crippen LogP contribution in [0.25, 0.3) is 0 Å². The molecule has 1 aromatic carbocycles. The van der Waals surface area contributed by atoms with Crippen LogP contribution in [-0.4, -0.2) is 4.90 Å². The molecule has 1 aliphatic rings. The highest BCUT2D eigenvalue weighted by molar-refractivity contribution is 5.35. The van der Waals surface area contributed by atoms with Crippen molar-refractivity contribution in [3.05, 3.63) is 46.8 Å². The maximum absolute atomic E-state index is 5.54. The highest BCUT2D eigenvalue weighted by Gasteiger charge is 2.18. The van der Waals surface area contributed by atoms with Gasteiger partial charge in [0, 0.05) is 25.0 Å². The second kappa shape index (κ2) is 3.97. The number of hydrogen-bond acceptors (Lipinski definition) is 2. The van der Waals surface area contributed by atoms with Crippen LogP contribution in [-0.2, 0) is 19.5 Å². The Bertz CT molecular complexity index is 394. The van der Waals surface area contributed by atoms with Crippen LogP contribution >= 0.6 is 0 Å². The summed E-state index contributed by atoms with van der Waals surface area (Å²) in [4.78, 5) is 2.31. The van der Waals surface area contributed by atoms with Gasteiger partial charge in [0.15, 0.2) is 0 Å². The van der Waals surface area contributed by atoms with Crippen LogP contribution in [0.2, 0.25) is 0 Å². The van der Waals surface area contributed by atoms with Gasteiger partial charge < -0.3 is 10.6 Å². The summed E-state index contributed by atoms with van der Waals surface area (Å²) in [5.41, 5.74) is 11.0. The van der Waals surface area contributed by atoms with Crippen molar-refractivity contribution in [2.24, 2.45) is 5.73 Å². The second-order valence-corrected chi connectivity index (χ2v) is 4.12. The Morgan fingerprint density at radius 3 is 2.80 bits per heavy atom. The maximum Gasteiger partial charge on any atom is 0.0434 e. The minimum Gasteiger partial charge on any atom is -0.403 e. The number of nitrogens with zero attached hydrogens (tertiary/aromatic N) is 1. The fourth-order valence-electron chi connectivity index (χ4n) is 2.02. The van der Waals surface area contributed by atoms with Gasteiger partial charge >= 0.3 is 0 Å². The van der Waals surface area contributed by atoms with E-state index in [1.54, 1.807) is 6.20 Å². The molecule has 0 atom stereocenters. The first-order valence-corrected chi connectivity index (χ1v) is 5.48. The van der Waals surface area contributed by atoms with Gasteiger partial charge in [0.05, 0.1) is 0 Å². The zero-order valence-corrected chi connectivity index (χ0v) is 9.46. The van der Waals surface area contributed by atoms with Crippen molar-refractivity contribution in [3.8, 4) is 0 Å². The highest BCUT2D eigenvalue weighted by atomic mass is 15.1. The molecule has 2 heteroatoms. The molecule has 0 amide bonds. The lowest BCUT2D eigenvalue weighted by atomic mass is 10.1. The average Bonchev–Trinajstić information content (AvgIpc) is 2.70. The molecule has 0 saturated carbocycles. The van der Waals surface area contributed by atoms with Crippen LogP contribution in [0, 0.1) is 0 Å². The first kappa shape index (κ1) is 10.1. The molecule has 0 aliphatic carbocycles. The van der Waals surface area contributed by atoms with E-state index in [9.17, 15) is 0 Å². The largest absolute Gasteiger partial charge is 0.403 e. The third-order valence-electron chi connectivity index (χ3n) is 3.14. The van der Waals surface area contributed by atoms with Crippen molar-refractivity contribution in [1.82, 2.24) is 4.90 Å². The van der Waals surface area contributed by atoms with E-state index >= 15 is 0 Å². The highest BCUT2D eigenvalue weighted by Crippen LogP contribution is 2.26. The van der Waals surface area contributed by atoms with Gasteiger partial charge in [-0.15, -0.1) is 0 Å². The molecule has 0 saturated heterocycles. The molecular formula is C13H18N2. The van der Waals surface area contributed by atoms with E-state index in [0.717, 1.165) is 25.2 Å². The van der Waals surface area contributed by atoms with Crippen LogP contribution in [0.3, 0.4) is 0 Å². The Kier molecular flexibility index (Phi) is 2.67. The van der Waals surface area contributed by atoms with E-state index in [1.807, 2.05) is 0 Å². The number of allylic oxidation sites excluding steroid dienone is 1. The van der Waals surface area contributed by atoms with E-state index in [1.165, 1.54) is 16.7 Å². The fraction of sp³-hybridized carbons (Fsp3) is 0.385. The van der Waals surface area contributed by atoms with E-state index in [4.69, 9.17) is 5.73 Å². The van der Waals surface area contributed by atoms with E-state index in [0.29, 0.717) is 0 Å². The maximum atomic E-state index is 5.54. The van der Waals surface area contributed by atoms with E-state index in [-0.39, 0.29) is 0 Å². The predicted molar refractivity (Wildman–Crippen MR) is 63.0 cm³/mol. The molecule has 1 aliphatic heterocycles. The smallest absolute Gasteiger partial charge is 0.0434 e. The zero-order valence-electron chi connectivity index (χ0n) is 9.46. The monoisotopic (exact) mass is 202 g/mol. The van der Waals surface area contributed by atoms with Crippen molar-refractivity contribution < 1.29 is 0 Å². The van der Waals surface area contributed by atoms with Crippen LogP contribution < -0.4 is 5.73 Å². The first-order chi connectivity index (χ1) is 7.24. The van der Waals surface area contributed by atoms with Gasteiger partial charge in [-0.3, -0.25) is 0 Å². The topological polar surface area (TPSA) is 29.3 Å². The number of nitrogens with two attached hydrogens (primary N) is 1. The summed E-state index contributed by atoms with van der Waals surface area (Å²) < 4.78 is 0. The van der Waals surface area contributed by atoms with Crippen LogP contribution in [0.1, 0.15) is 30.5 Å². The molecule has 0 bridgehead atoms. The lowest BCUT2D eigenvalue weighted by Gasteiger charge is -2.17. The molecular weight excluding hydrogens is 184 g/mol. The van der Waals surface area contributed by atoms with Gasteiger partial charge in [0.2, 0.25) is 0 Å². The van der Waals surface area contributed by atoms with Crippen LogP contribution in [0.5, 0.6) is 0 Å². The van der Waals surface area contributed by atoms with Crippen molar-refractivity contribution in [3.63, 3.8) is 0 Å². The second-order valence-electron chi connectivity index (χ2n) is 4.12. The summed E-state index contributed by atoms with van der Waals surface area (Å²) >= 11 is 0. The van der Waals surface area contributed by atoms with Crippen LogP contribution in [0.4, 0.5) is 0 Å². The van der Waals surface area contributed by atoms with Crippen molar-refractivity contribution in [1.29, 1.82) is 0 Å². The molecule has 0 unspecified atom stereocenters. The Hall–Kier alpha value is -1.44. The molecule has 1 heterocycles. The molecule has 0 aromatic heterocycles. The van der Waals surface area contributed by atoms with Gasteiger partial charge in [-0.1, -0.05) is 25.1 Å². The Balaban J connectivity index is 2.23. The molecule has 15 heavy (non-hydrogen) atoms. The average molecular weight is 202 g/mol. The first-order valence-electron chi connectivity index (χ1n) is 5.48. The lowest BCUT2D eigenvalue weighted by molar-refractivity contribution is 0.363. The van der Waals surface area contributed by atoms with Crippen LogP contribution in [0.15, 0.2) is 30.1 Å². The molecule has 1 aromatic rings. The minimum absolute atomic E-state index is 0.999. The summed E-state index contributed by atoms with van der Waals surface area (Å²) in [6.45, 7) is 6.26. The number of aryl methyl sites for hydroxylation is 1. The normalized spacial score (nSPS) is 15.6. The molecule has 0 radical (unpaired) electrons. The fourth-order valence-corrected chi connectivity index (χ4v) is 2.02. The molecule has 0 fully saturated rings. The summed E-state index contributed by atoms with van der Waals surface area (Å²) in [7, 11) is 0. The number of hydrogen-bond donors (Lipinski definition) is 1. The number of rotatable bonds is 2. The van der Waals surface area contributed by atoms with Gasteiger partial charge in [-0.25, -0.2) is 0 Å². The molecule has 80 valence electrons. The Morgan fingerprint density at radius 1 is 1.40 bits per heavy atom. The third-order valence-corrected chi connectivity index (χ3v) is 3.14. The summed E-state index contributed by atoms with van der Waals surface area (Å²) in [6.07, 6.45) is 2.80. The molecule has 2 nitrogen and oxygen atoms in total. The van der Waals surface area contributed by atoms with Crippen molar-refractivity contribution in [2.45, 2.75) is 33.4 Å². The van der Waals surface area contributed by atoms with Gasteiger partial charge in [0.1, 0.15) is 0 Å². The van der Waals surface area contributed by atoms with Gasteiger partial charge in [-0.2, -0.15) is 0 Å². The standard InChI is InChI=1S/C13H18N2/c1-3-11-4-5-12-8-15(10(2)7-14)9-13(12)6-11/h4-7H,3,8-9,14H2,1-2H3/b10-7-. The molecule has 2 rings (SSSR count). The minimum atomic E-state index is 0.999. The molecule has 2 N–H and O–H groups in total.